The molecule has 0 spiro atoms. The molecule has 0 bridgehead atoms. The fourth-order valence-corrected chi connectivity index (χ4v) is 6.64. The van der Waals surface area contributed by atoms with Gasteiger partial charge in [0.25, 0.3) is 5.91 Å². The van der Waals surface area contributed by atoms with Gasteiger partial charge in [-0.2, -0.15) is 0 Å². The number of halogens is 1. The molecule has 1 aliphatic heterocycles. The quantitative estimate of drug-likeness (QED) is 0.403. The third kappa shape index (κ3) is 6.31. The largest absolute Gasteiger partial charge is 0.356 e. The van der Waals surface area contributed by atoms with E-state index in [4.69, 9.17) is 0 Å². The number of amides is 2. The number of benzene rings is 3. The molecule has 3 unspecified atom stereocenters. The molecule has 1 N–H and O–H groups in total. The van der Waals surface area contributed by atoms with E-state index >= 15 is 0 Å². The van der Waals surface area contributed by atoms with Crippen LogP contribution >= 0.6 is 11.8 Å². The summed E-state index contributed by atoms with van der Waals surface area (Å²) in [5, 5.41) is 3.34. The summed E-state index contributed by atoms with van der Waals surface area (Å²) in [6.45, 7) is 1.000. The zero-order valence-electron chi connectivity index (χ0n) is 20.7. The van der Waals surface area contributed by atoms with Crippen molar-refractivity contribution in [2.45, 2.75) is 43.5 Å². The van der Waals surface area contributed by atoms with E-state index in [1.54, 1.807) is 23.9 Å². The highest BCUT2D eigenvalue weighted by Gasteiger charge is 2.44. The normalized spacial score (nSPS) is 22.5. The number of nitrogens with zero attached hydrogens (tertiary/aromatic N) is 1. The van der Waals surface area contributed by atoms with Crippen molar-refractivity contribution in [2.24, 2.45) is 5.92 Å². The average molecular weight is 515 g/mol. The van der Waals surface area contributed by atoms with Crippen LogP contribution in [0, 0.1) is 11.7 Å². The number of rotatable bonds is 7. The van der Waals surface area contributed by atoms with Gasteiger partial charge in [0.05, 0.1) is 4.91 Å². The lowest BCUT2D eigenvalue weighted by Crippen LogP contribution is -2.53. The van der Waals surface area contributed by atoms with E-state index in [0.29, 0.717) is 19.5 Å². The van der Waals surface area contributed by atoms with Crippen LogP contribution < -0.4 is 5.32 Å². The minimum Gasteiger partial charge on any atom is -0.356 e. The zero-order chi connectivity index (χ0) is 25.6. The average Bonchev–Trinajstić information content (AvgIpc) is 2.93. The van der Waals surface area contributed by atoms with Crippen molar-refractivity contribution in [1.29, 1.82) is 0 Å². The van der Waals surface area contributed by atoms with Gasteiger partial charge in [-0.15, -0.1) is 11.8 Å². The van der Waals surface area contributed by atoms with Gasteiger partial charge in [0.1, 0.15) is 5.82 Å². The third-order valence-electron chi connectivity index (χ3n) is 7.20. The summed E-state index contributed by atoms with van der Waals surface area (Å²) in [7, 11) is 0. The molecule has 4 nitrogen and oxygen atoms in total. The fraction of sp³-hybridized carbons (Fsp3) is 0.290. The molecule has 1 saturated carbocycles. The molecule has 2 aliphatic rings. The molecule has 5 rings (SSSR count). The first-order valence-corrected chi connectivity index (χ1v) is 13.8. The van der Waals surface area contributed by atoms with Gasteiger partial charge in [-0.05, 0) is 60.6 Å². The first kappa shape index (κ1) is 25.3. The predicted molar refractivity (Wildman–Crippen MR) is 147 cm³/mol. The molecule has 1 aliphatic carbocycles. The van der Waals surface area contributed by atoms with Crippen molar-refractivity contribution < 1.29 is 14.0 Å². The number of thioether (sulfide) groups is 1. The second kappa shape index (κ2) is 11.8. The van der Waals surface area contributed by atoms with Crippen LogP contribution in [0.5, 0.6) is 0 Å². The second-order valence-corrected chi connectivity index (χ2v) is 11.0. The Labute approximate surface area is 222 Å². The third-order valence-corrected chi connectivity index (χ3v) is 8.59. The Morgan fingerprint density at radius 2 is 1.65 bits per heavy atom. The maximum atomic E-state index is 13.7. The van der Waals surface area contributed by atoms with Crippen molar-refractivity contribution in [3.8, 4) is 0 Å². The molecule has 0 radical (unpaired) electrons. The molecule has 3 atom stereocenters. The molecule has 3 aromatic rings. The van der Waals surface area contributed by atoms with Crippen LogP contribution in [0.15, 0.2) is 89.8 Å². The molecule has 2 amide bonds. The molecule has 0 aromatic heterocycles. The van der Waals surface area contributed by atoms with Gasteiger partial charge in [-0.3, -0.25) is 9.59 Å². The number of carbonyl (C=O) groups excluding carboxylic acids is 2. The predicted octanol–water partition coefficient (Wildman–Crippen LogP) is 5.84. The first-order chi connectivity index (χ1) is 18.1. The van der Waals surface area contributed by atoms with Crippen LogP contribution in [-0.4, -0.2) is 34.6 Å². The lowest BCUT2D eigenvalue weighted by Gasteiger charge is -2.46. The van der Waals surface area contributed by atoms with Crippen molar-refractivity contribution in [3.05, 3.63) is 112 Å². The summed E-state index contributed by atoms with van der Waals surface area (Å²) in [5.74, 6) is -0.374. The minimum atomic E-state index is -0.295. The molecule has 2 fully saturated rings. The Hall–Kier alpha value is -3.38. The van der Waals surface area contributed by atoms with Gasteiger partial charge in [-0.25, -0.2) is 4.39 Å². The van der Waals surface area contributed by atoms with Crippen LogP contribution in [0.1, 0.15) is 36.0 Å². The summed E-state index contributed by atoms with van der Waals surface area (Å²) >= 11 is 1.64. The van der Waals surface area contributed by atoms with Gasteiger partial charge in [0.2, 0.25) is 5.91 Å². The van der Waals surface area contributed by atoms with Gasteiger partial charge in [0, 0.05) is 30.3 Å². The summed E-state index contributed by atoms with van der Waals surface area (Å²) in [5.41, 5.74) is 3.07. The first-order valence-electron chi connectivity index (χ1n) is 12.9. The molecule has 6 heteroatoms. The summed E-state index contributed by atoms with van der Waals surface area (Å²) in [6, 6.07) is 26.3. The number of nitrogens with one attached hydrogen (secondary N) is 1. The second-order valence-electron chi connectivity index (χ2n) is 9.74. The van der Waals surface area contributed by atoms with Crippen molar-refractivity contribution >= 4 is 29.7 Å². The van der Waals surface area contributed by atoms with E-state index in [-0.39, 0.29) is 34.8 Å². The van der Waals surface area contributed by atoms with Gasteiger partial charge >= 0.3 is 0 Å². The summed E-state index contributed by atoms with van der Waals surface area (Å²) < 4.78 is 13.5. The van der Waals surface area contributed by atoms with Crippen LogP contribution in [-0.2, 0) is 22.6 Å². The highest BCUT2D eigenvalue weighted by atomic mass is 32.2. The van der Waals surface area contributed by atoms with Gasteiger partial charge < -0.3 is 10.2 Å². The fourth-order valence-electron chi connectivity index (χ4n) is 5.22. The summed E-state index contributed by atoms with van der Waals surface area (Å²) in [4.78, 5) is 29.4. The molecular weight excluding hydrogens is 483 g/mol. The lowest BCUT2D eigenvalue weighted by atomic mass is 9.83. The van der Waals surface area contributed by atoms with Crippen molar-refractivity contribution in [2.75, 3.05) is 6.54 Å². The van der Waals surface area contributed by atoms with Crippen LogP contribution in [0.4, 0.5) is 4.39 Å². The zero-order valence-corrected chi connectivity index (χ0v) is 21.5. The number of hydrogen-bond donors (Lipinski definition) is 1. The van der Waals surface area contributed by atoms with Crippen molar-refractivity contribution in [1.82, 2.24) is 10.2 Å². The Morgan fingerprint density at radius 1 is 0.946 bits per heavy atom. The topological polar surface area (TPSA) is 49.4 Å². The highest BCUT2D eigenvalue weighted by Crippen LogP contribution is 2.44. The van der Waals surface area contributed by atoms with E-state index in [9.17, 15) is 14.0 Å². The number of carbonyl (C=O) groups is 2. The van der Waals surface area contributed by atoms with Gasteiger partial charge in [0.15, 0.2) is 0 Å². The summed E-state index contributed by atoms with van der Waals surface area (Å²) in [6.07, 6.45) is 5.07. The Morgan fingerprint density at radius 3 is 2.38 bits per heavy atom. The molecule has 3 aromatic carbocycles. The Kier molecular flexibility index (Phi) is 8.05. The molecule has 37 heavy (non-hydrogen) atoms. The van der Waals surface area contributed by atoms with Crippen LogP contribution in [0.2, 0.25) is 0 Å². The number of hydrogen-bond acceptors (Lipinski definition) is 3. The lowest BCUT2D eigenvalue weighted by molar-refractivity contribution is -0.133. The maximum absolute atomic E-state index is 13.7. The van der Waals surface area contributed by atoms with Crippen LogP contribution in [0.25, 0.3) is 6.08 Å². The van der Waals surface area contributed by atoms with E-state index in [1.807, 2.05) is 59.5 Å². The van der Waals surface area contributed by atoms with E-state index < -0.39 is 0 Å². The molecule has 1 heterocycles. The van der Waals surface area contributed by atoms with Crippen molar-refractivity contribution in [3.63, 3.8) is 0 Å². The number of fused-ring (bicyclic) bond motifs is 1. The Balaban J connectivity index is 1.31. The minimum absolute atomic E-state index is 0.0236. The Bertz CT molecular complexity index is 1250. The van der Waals surface area contributed by atoms with Crippen LogP contribution in [0.3, 0.4) is 0 Å². The van der Waals surface area contributed by atoms with Gasteiger partial charge in [-0.1, -0.05) is 72.8 Å². The van der Waals surface area contributed by atoms with E-state index in [2.05, 4.69) is 17.4 Å². The SMILES string of the molecule is O=C(NCCc1ccccc1)C1CCC2S/C(=C\c3ccccc3)C(=O)N(Cc3ccc(F)cc3)C2C1. The smallest absolute Gasteiger partial charge is 0.260 e. The monoisotopic (exact) mass is 514 g/mol. The highest BCUT2D eigenvalue weighted by molar-refractivity contribution is 8.04. The standard InChI is InChI=1S/C31H31FN2O2S/c32-26-14-11-24(12-15-26)21-34-27-20-25(30(35)33-18-17-22-7-3-1-4-8-22)13-16-28(27)37-29(31(34)36)19-23-9-5-2-6-10-23/h1-12,14-15,19,25,27-28H,13,16-18,20-21H2,(H,33,35)/b29-19-. The van der Waals surface area contributed by atoms with E-state index in [1.165, 1.54) is 17.7 Å². The maximum Gasteiger partial charge on any atom is 0.260 e. The molecular formula is C31H31FN2O2S. The van der Waals surface area contributed by atoms with E-state index in [0.717, 1.165) is 35.3 Å². The molecule has 190 valence electrons. The molecule has 1 saturated heterocycles.